The first-order valence-electron chi connectivity index (χ1n) is 6.72. The molecule has 0 radical (unpaired) electrons. The molecule has 0 aromatic carbocycles. The van der Waals surface area contributed by atoms with E-state index in [1.807, 2.05) is 24.1 Å². The predicted molar refractivity (Wildman–Crippen MR) is 80.8 cm³/mol. The Morgan fingerprint density at radius 3 is 2.55 bits per heavy atom. The van der Waals surface area contributed by atoms with E-state index in [4.69, 9.17) is 11.6 Å². The van der Waals surface area contributed by atoms with Crippen molar-refractivity contribution in [3.05, 3.63) is 21.3 Å². The third-order valence-electron chi connectivity index (χ3n) is 3.69. The monoisotopic (exact) mass is 314 g/mol. The first-order valence-corrected chi connectivity index (χ1v) is 7.91. The molecular formula is C14H19ClN2O2S. The molecule has 110 valence electrons. The van der Waals surface area contributed by atoms with Gasteiger partial charge in [-0.1, -0.05) is 11.6 Å². The van der Waals surface area contributed by atoms with Gasteiger partial charge in [0.25, 0.3) is 0 Å². The van der Waals surface area contributed by atoms with Crippen molar-refractivity contribution in [1.29, 1.82) is 0 Å². The number of hydrogen-bond acceptors (Lipinski definition) is 3. The van der Waals surface area contributed by atoms with Crippen LogP contribution in [0, 0.1) is 5.92 Å². The van der Waals surface area contributed by atoms with Gasteiger partial charge in [-0.05, 0) is 25.0 Å². The number of likely N-dealkylation sites (tertiary alicyclic amines) is 1. The Balaban J connectivity index is 1.86. The van der Waals surface area contributed by atoms with Gasteiger partial charge in [-0.3, -0.25) is 9.59 Å². The van der Waals surface area contributed by atoms with E-state index in [-0.39, 0.29) is 17.7 Å². The number of rotatable bonds is 3. The van der Waals surface area contributed by atoms with Crippen molar-refractivity contribution in [1.82, 2.24) is 9.80 Å². The van der Waals surface area contributed by atoms with Gasteiger partial charge in [-0.15, -0.1) is 11.3 Å². The van der Waals surface area contributed by atoms with E-state index < -0.39 is 0 Å². The molecule has 20 heavy (non-hydrogen) atoms. The minimum atomic E-state index is 0.0334. The van der Waals surface area contributed by atoms with Crippen molar-refractivity contribution in [2.24, 2.45) is 5.92 Å². The molecule has 0 spiro atoms. The minimum Gasteiger partial charge on any atom is -0.343 e. The van der Waals surface area contributed by atoms with Crippen LogP contribution in [0.15, 0.2) is 12.1 Å². The Bertz CT molecular complexity index is 495. The summed E-state index contributed by atoms with van der Waals surface area (Å²) >= 11 is 7.40. The standard InChI is InChI=1S/C14H19ClN2O2S/c1-10(18)17-7-5-11(6-8-17)14(19)16(2)9-12-3-4-13(15)20-12/h3-4,11H,5-9H2,1-2H3. The number of carbonyl (C=O) groups is 2. The van der Waals surface area contributed by atoms with E-state index in [1.54, 1.807) is 11.8 Å². The molecule has 6 heteroatoms. The maximum Gasteiger partial charge on any atom is 0.225 e. The van der Waals surface area contributed by atoms with Crippen LogP contribution < -0.4 is 0 Å². The summed E-state index contributed by atoms with van der Waals surface area (Å²) in [7, 11) is 1.83. The Morgan fingerprint density at radius 1 is 1.40 bits per heavy atom. The highest BCUT2D eigenvalue weighted by molar-refractivity contribution is 7.16. The van der Waals surface area contributed by atoms with Gasteiger partial charge in [0.2, 0.25) is 11.8 Å². The molecule has 1 aliphatic heterocycles. The Kier molecular flexibility index (Phi) is 5.05. The fourth-order valence-electron chi connectivity index (χ4n) is 2.50. The lowest BCUT2D eigenvalue weighted by Gasteiger charge is -2.32. The van der Waals surface area contributed by atoms with E-state index in [0.717, 1.165) is 22.1 Å². The molecule has 1 aliphatic rings. The van der Waals surface area contributed by atoms with Crippen molar-refractivity contribution in [2.45, 2.75) is 26.3 Å². The van der Waals surface area contributed by atoms with E-state index in [0.29, 0.717) is 19.6 Å². The van der Waals surface area contributed by atoms with Gasteiger partial charge in [0, 0.05) is 37.9 Å². The molecule has 4 nitrogen and oxygen atoms in total. The summed E-state index contributed by atoms with van der Waals surface area (Å²) in [6.45, 7) is 3.55. The molecule has 2 amide bonds. The average molecular weight is 315 g/mol. The van der Waals surface area contributed by atoms with Crippen molar-refractivity contribution < 1.29 is 9.59 Å². The van der Waals surface area contributed by atoms with Crippen LogP contribution in [0.2, 0.25) is 4.34 Å². The van der Waals surface area contributed by atoms with Gasteiger partial charge in [-0.2, -0.15) is 0 Å². The molecule has 0 bridgehead atoms. The zero-order valence-corrected chi connectivity index (χ0v) is 13.3. The SMILES string of the molecule is CC(=O)N1CCC(C(=O)N(C)Cc2ccc(Cl)s2)CC1. The average Bonchev–Trinajstić information content (AvgIpc) is 2.83. The van der Waals surface area contributed by atoms with E-state index in [2.05, 4.69) is 0 Å². The zero-order chi connectivity index (χ0) is 14.7. The van der Waals surface area contributed by atoms with Crippen LogP contribution in [0.4, 0.5) is 0 Å². The molecule has 0 aliphatic carbocycles. The quantitative estimate of drug-likeness (QED) is 0.860. The third-order valence-corrected chi connectivity index (χ3v) is 4.90. The molecule has 1 saturated heterocycles. The van der Waals surface area contributed by atoms with Crippen LogP contribution in [0.5, 0.6) is 0 Å². The number of nitrogens with zero attached hydrogens (tertiary/aromatic N) is 2. The predicted octanol–water partition coefficient (Wildman–Crippen LogP) is 2.62. The van der Waals surface area contributed by atoms with E-state index in [1.165, 1.54) is 11.3 Å². The van der Waals surface area contributed by atoms with Crippen LogP contribution in [0.1, 0.15) is 24.6 Å². The number of piperidine rings is 1. The highest BCUT2D eigenvalue weighted by atomic mass is 35.5. The lowest BCUT2D eigenvalue weighted by Crippen LogP contribution is -2.42. The lowest BCUT2D eigenvalue weighted by atomic mass is 9.95. The Labute approximate surface area is 128 Å². The molecule has 1 aromatic rings. The van der Waals surface area contributed by atoms with Gasteiger partial charge in [-0.25, -0.2) is 0 Å². The Morgan fingerprint density at radius 2 is 2.05 bits per heavy atom. The topological polar surface area (TPSA) is 40.6 Å². The summed E-state index contributed by atoms with van der Waals surface area (Å²) in [4.78, 5) is 28.3. The highest BCUT2D eigenvalue weighted by Gasteiger charge is 2.28. The van der Waals surface area contributed by atoms with Crippen LogP contribution in [-0.4, -0.2) is 41.8 Å². The normalized spacial score (nSPS) is 16.2. The summed E-state index contributed by atoms with van der Waals surface area (Å²) in [5.41, 5.74) is 0. The maximum absolute atomic E-state index is 12.4. The van der Waals surface area contributed by atoms with Crippen LogP contribution in [0.3, 0.4) is 0 Å². The smallest absolute Gasteiger partial charge is 0.225 e. The molecule has 1 fully saturated rings. The van der Waals surface area contributed by atoms with Crippen molar-refractivity contribution in [2.75, 3.05) is 20.1 Å². The van der Waals surface area contributed by atoms with Gasteiger partial charge >= 0.3 is 0 Å². The fourth-order valence-corrected chi connectivity index (χ4v) is 3.64. The number of carbonyl (C=O) groups excluding carboxylic acids is 2. The number of hydrogen-bond donors (Lipinski definition) is 0. The van der Waals surface area contributed by atoms with Crippen LogP contribution in [-0.2, 0) is 16.1 Å². The maximum atomic E-state index is 12.4. The second kappa shape index (κ2) is 6.59. The van der Waals surface area contributed by atoms with E-state index >= 15 is 0 Å². The van der Waals surface area contributed by atoms with Crippen LogP contribution in [0.25, 0.3) is 0 Å². The molecule has 0 N–H and O–H groups in total. The number of halogens is 1. The summed E-state index contributed by atoms with van der Waals surface area (Å²) in [6.07, 6.45) is 1.52. The first-order chi connectivity index (χ1) is 9.47. The second-order valence-electron chi connectivity index (χ2n) is 5.18. The molecule has 0 unspecified atom stereocenters. The lowest BCUT2D eigenvalue weighted by molar-refractivity contribution is -0.139. The van der Waals surface area contributed by atoms with Gasteiger partial charge in [0.05, 0.1) is 10.9 Å². The minimum absolute atomic E-state index is 0.0334. The van der Waals surface area contributed by atoms with Crippen molar-refractivity contribution in [3.63, 3.8) is 0 Å². The van der Waals surface area contributed by atoms with Gasteiger partial charge in [0.1, 0.15) is 0 Å². The summed E-state index contributed by atoms with van der Waals surface area (Å²) in [5.74, 6) is 0.293. The van der Waals surface area contributed by atoms with Crippen molar-refractivity contribution in [3.8, 4) is 0 Å². The van der Waals surface area contributed by atoms with Crippen LogP contribution >= 0.6 is 22.9 Å². The summed E-state index contributed by atoms with van der Waals surface area (Å²) in [5, 5.41) is 0. The molecule has 2 rings (SSSR count). The molecule has 1 aromatic heterocycles. The summed E-state index contributed by atoms with van der Waals surface area (Å²) < 4.78 is 0.746. The second-order valence-corrected chi connectivity index (χ2v) is 6.98. The third kappa shape index (κ3) is 3.73. The zero-order valence-electron chi connectivity index (χ0n) is 11.8. The fraction of sp³-hybridized carbons (Fsp3) is 0.571. The Hall–Kier alpha value is -1.07. The highest BCUT2D eigenvalue weighted by Crippen LogP contribution is 2.24. The first kappa shape index (κ1) is 15.3. The molecular weight excluding hydrogens is 296 g/mol. The number of amides is 2. The largest absolute Gasteiger partial charge is 0.343 e. The van der Waals surface area contributed by atoms with E-state index in [9.17, 15) is 9.59 Å². The molecule has 0 saturated carbocycles. The van der Waals surface area contributed by atoms with Gasteiger partial charge < -0.3 is 9.80 Å². The molecule has 2 heterocycles. The van der Waals surface area contributed by atoms with Crippen molar-refractivity contribution >= 4 is 34.8 Å². The van der Waals surface area contributed by atoms with Gasteiger partial charge in [0.15, 0.2) is 0 Å². The summed E-state index contributed by atoms with van der Waals surface area (Å²) in [6, 6.07) is 3.81. The molecule has 0 atom stereocenters. The number of thiophene rings is 1.